The summed E-state index contributed by atoms with van der Waals surface area (Å²) >= 11 is 0. The summed E-state index contributed by atoms with van der Waals surface area (Å²) in [6.07, 6.45) is 33.4. The third kappa shape index (κ3) is 28.0. The highest BCUT2D eigenvalue weighted by Gasteiger charge is 2.18. The monoisotopic (exact) mass is 632 g/mol. The third-order valence-corrected chi connectivity index (χ3v) is 7.03. The molecule has 0 aromatic heterocycles. The summed E-state index contributed by atoms with van der Waals surface area (Å²) in [5.74, 6) is -2.44. The molecule has 0 heterocycles. The molecule has 0 saturated carbocycles. The first-order valence-corrected chi connectivity index (χ1v) is 17.0. The fraction of sp³-hybridized carbons (Fsp3) is 0.667. The number of allylic oxidation sites excluding steroid dienone is 7. The molecule has 9 heteroatoms. The zero-order valence-corrected chi connectivity index (χ0v) is 27.9. The number of carboxylic acids is 1. The van der Waals surface area contributed by atoms with Gasteiger partial charge in [0, 0.05) is 12.8 Å². The highest BCUT2D eigenvalue weighted by atomic mass is 16.5. The molecule has 0 aliphatic carbocycles. The van der Waals surface area contributed by atoms with Gasteiger partial charge in [-0.1, -0.05) is 94.9 Å². The maximum absolute atomic E-state index is 12.5. The maximum Gasteiger partial charge on any atom is 0.328 e. The quantitative estimate of drug-likeness (QED) is 0.0401. The van der Waals surface area contributed by atoms with E-state index in [2.05, 4.69) is 67.0 Å². The maximum atomic E-state index is 12.5. The molecule has 0 aliphatic rings. The van der Waals surface area contributed by atoms with Gasteiger partial charge in [0.1, 0.15) is 12.1 Å². The van der Waals surface area contributed by atoms with E-state index in [9.17, 15) is 19.2 Å². The molecule has 0 fully saturated rings. The summed E-state index contributed by atoms with van der Waals surface area (Å²) in [7, 11) is 0. The van der Waals surface area contributed by atoms with Crippen molar-refractivity contribution in [1.82, 2.24) is 10.6 Å². The van der Waals surface area contributed by atoms with Gasteiger partial charge < -0.3 is 25.6 Å². The number of hydrogen-bond donors (Lipinski definition) is 4. The number of carboxylic acid groups (broad SMARTS) is 1. The van der Waals surface area contributed by atoms with Gasteiger partial charge in [-0.05, 0) is 70.3 Å². The van der Waals surface area contributed by atoms with Gasteiger partial charge in [-0.3, -0.25) is 14.4 Å². The molecule has 0 bridgehead atoms. The molecule has 45 heavy (non-hydrogen) atoms. The highest BCUT2D eigenvalue weighted by molar-refractivity contribution is 5.87. The van der Waals surface area contributed by atoms with Gasteiger partial charge in [0.05, 0.1) is 13.2 Å². The van der Waals surface area contributed by atoms with E-state index in [0.29, 0.717) is 12.8 Å². The van der Waals surface area contributed by atoms with Crippen molar-refractivity contribution in [3.8, 4) is 0 Å². The Bertz CT molecular complexity index is 911. The minimum atomic E-state index is -1.39. The average molecular weight is 633 g/mol. The van der Waals surface area contributed by atoms with Gasteiger partial charge in [0.25, 0.3) is 0 Å². The number of aliphatic carboxylic acids is 1. The normalized spacial score (nSPS) is 13.1. The first kappa shape index (κ1) is 41.8. The van der Waals surface area contributed by atoms with Crippen LogP contribution in [0.1, 0.15) is 129 Å². The number of carbonyl (C=O) groups excluding carboxylic acids is 3. The predicted molar refractivity (Wildman–Crippen MR) is 181 cm³/mol. The van der Waals surface area contributed by atoms with Crippen molar-refractivity contribution in [2.45, 2.75) is 142 Å². The van der Waals surface area contributed by atoms with Crippen molar-refractivity contribution >= 4 is 23.8 Å². The third-order valence-electron chi connectivity index (χ3n) is 7.03. The van der Waals surface area contributed by atoms with Crippen molar-refractivity contribution in [3.05, 3.63) is 48.6 Å². The number of hydrogen-bond acceptors (Lipinski definition) is 6. The summed E-state index contributed by atoms with van der Waals surface area (Å²) in [5, 5.41) is 22.4. The van der Waals surface area contributed by atoms with Crippen molar-refractivity contribution < 1.29 is 34.1 Å². The van der Waals surface area contributed by atoms with E-state index in [1.807, 2.05) is 6.08 Å². The number of carbonyl (C=O) groups is 4. The number of ether oxygens (including phenoxy) is 1. The van der Waals surface area contributed by atoms with Crippen LogP contribution in [0.15, 0.2) is 48.6 Å². The number of aliphatic hydroxyl groups excluding tert-OH is 1. The minimum absolute atomic E-state index is 0.142. The topological polar surface area (TPSA) is 142 Å². The molecule has 2 atom stereocenters. The van der Waals surface area contributed by atoms with Crippen LogP contribution < -0.4 is 10.6 Å². The lowest BCUT2D eigenvalue weighted by atomic mass is 10.1. The van der Waals surface area contributed by atoms with Gasteiger partial charge >= 0.3 is 11.9 Å². The van der Waals surface area contributed by atoms with E-state index in [0.717, 1.165) is 83.5 Å². The van der Waals surface area contributed by atoms with Crippen LogP contribution in [0.5, 0.6) is 0 Å². The Morgan fingerprint density at radius 1 is 0.711 bits per heavy atom. The number of nitrogens with one attached hydrogen (secondary N) is 2. The Labute approximate surface area is 271 Å². The van der Waals surface area contributed by atoms with E-state index in [-0.39, 0.29) is 30.9 Å². The van der Waals surface area contributed by atoms with Crippen LogP contribution in [0.25, 0.3) is 0 Å². The lowest BCUT2D eigenvalue weighted by molar-refractivity contribution is -0.147. The van der Waals surface area contributed by atoms with Crippen LogP contribution in [0.4, 0.5) is 0 Å². The van der Waals surface area contributed by atoms with Crippen LogP contribution in [-0.4, -0.2) is 59.3 Å². The second-order valence-electron chi connectivity index (χ2n) is 11.2. The number of aliphatic hydroxyl groups is 1. The Morgan fingerprint density at radius 3 is 2.00 bits per heavy atom. The van der Waals surface area contributed by atoms with Crippen molar-refractivity contribution in [3.63, 3.8) is 0 Å². The highest BCUT2D eigenvalue weighted by Crippen LogP contribution is 2.14. The minimum Gasteiger partial charge on any atom is -0.480 e. The molecular formula is C36H60N2O7. The average Bonchev–Trinajstić information content (AvgIpc) is 3.02. The number of amides is 2. The molecule has 0 spiro atoms. The zero-order chi connectivity index (χ0) is 33.4. The van der Waals surface area contributed by atoms with Crippen LogP contribution in [0.2, 0.25) is 0 Å². The fourth-order valence-electron chi connectivity index (χ4n) is 4.41. The summed E-state index contributed by atoms with van der Waals surface area (Å²) in [6, 6.07) is -1.39. The Hall–Kier alpha value is -3.20. The molecule has 0 radical (unpaired) electrons. The van der Waals surface area contributed by atoms with Gasteiger partial charge in [-0.25, -0.2) is 4.79 Å². The first-order valence-electron chi connectivity index (χ1n) is 17.0. The fourth-order valence-corrected chi connectivity index (χ4v) is 4.41. The molecule has 0 rings (SSSR count). The van der Waals surface area contributed by atoms with Crippen LogP contribution >= 0.6 is 0 Å². The summed E-state index contributed by atoms with van der Waals surface area (Å²) in [4.78, 5) is 47.0. The number of esters is 1. The molecule has 9 nitrogen and oxygen atoms in total. The van der Waals surface area contributed by atoms with Crippen molar-refractivity contribution in [2.75, 3.05) is 13.2 Å². The summed E-state index contributed by atoms with van der Waals surface area (Å²) in [6.45, 7) is 3.19. The smallest absolute Gasteiger partial charge is 0.328 e. The molecule has 0 saturated heterocycles. The summed E-state index contributed by atoms with van der Waals surface area (Å²) in [5.41, 5.74) is 0. The lowest BCUT2D eigenvalue weighted by Gasteiger charge is -2.15. The predicted octanol–water partition coefficient (Wildman–Crippen LogP) is 6.86. The Morgan fingerprint density at radius 2 is 1.33 bits per heavy atom. The molecule has 2 unspecified atom stereocenters. The standard InChI is InChI=1S/C36H60N2O7/c1-3-5-7-8-9-10-11-12-13-14-15-16-17-18-24-28-35(42)45-31(25-21-6-4-2)26-22-19-20-23-27-33(40)37-29-34(41)38-32(30-39)36(43)44/h5,7,9-10,12-13,21,25,31-32,39H,3-4,6,8,11,14-20,22-24,26-30H2,1-2H3,(H,37,40)(H,38,41)(H,43,44)/b7-5-,10-9-,13-12-,25-21-. The van der Waals surface area contributed by atoms with Gasteiger partial charge in [-0.15, -0.1) is 0 Å². The molecule has 0 aliphatic heterocycles. The van der Waals surface area contributed by atoms with E-state index < -0.39 is 24.5 Å². The number of rotatable bonds is 29. The molecule has 2 amide bonds. The van der Waals surface area contributed by atoms with Crippen molar-refractivity contribution in [1.29, 1.82) is 0 Å². The lowest BCUT2D eigenvalue weighted by Crippen LogP contribution is -2.47. The van der Waals surface area contributed by atoms with Crippen molar-refractivity contribution in [2.24, 2.45) is 0 Å². The molecule has 256 valence electrons. The van der Waals surface area contributed by atoms with E-state index in [4.69, 9.17) is 14.9 Å². The summed E-state index contributed by atoms with van der Waals surface area (Å²) < 4.78 is 5.77. The molecular weight excluding hydrogens is 572 g/mol. The van der Waals surface area contributed by atoms with Crippen LogP contribution in [0.3, 0.4) is 0 Å². The van der Waals surface area contributed by atoms with E-state index in [1.165, 1.54) is 12.8 Å². The van der Waals surface area contributed by atoms with Crippen LogP contribution in [-0.2, 0) is 23.9 Å². The Kier molecular flexibility index (Phi) is 28.6. The van der Waals surface area contributed by atoms with Gasteiger partial charge in [0.15, 0.2) is 0 Å². The largest absolute Gasteiger partial charge is 0.480 e. The van der Waals surface area contributed by atoms with Gasteiger partial charge in [0.2, 0.25) is 11.8 Å². The molecule has 0 aromatic rings. The molecule has 0 aromatic carbocycles. The second kappa shape index (κ2) is 30.8. The van der Waals surface area contributed by atoms with Crippen LogP contribution in [0, 0.1) is 0 Å². The number of unbranched alkanes of at least 4 members (excludes halogenated alkanes) is 9. The Balaban J connectivity index is 4.05. The first-order chi connectivity index (χ1) is 21.8. The van der Waals surface area contributed by atoms with Gasteiger partial charge in [-0.2, -0.15) is 0 Å². The SMILES string of the molecule is CC/C=C\C/C=C\C/C=C\CCCCCCCC(=O)OC(/C=C\CCC)CCCCCCC(=O)NCC(=O)NC(CO)C(=O)O. The van der Waals surface area contributed by atoms with E-state index in [1.54, 1.807) is 0 Å². The zero-order valence-electron chi connectivity index (χ0n) is 27.9. The second-order valence-corrected chi connectivity index (χ2v) is 11.2. The van der Waals surface area contributed by atoms with E-state index >= 15 is 0 Å². The molecule has 4 N–H and O–H groups in total.